The van der Waals surface area contributed by atoms with E-state index in [9.17, 15) is 19.2 Å². The van der Waals surface area contributed by atoms with E-state index in [-0.39, 0.29) is 18.7 Å². The van der Waals surface area contributed by atoms with Crippen molar-refractivity contribution in [2.75, 3.05) is 11.4 Å². The van der Waals surface area contributed by atoms with Crippen molar-refractivity contribution in [3.8, 4) is 0 Å². The van der Waals surface area contributed by atoms with E-state index >= 15 is 0 Å². The lowest BCUT2D eigenvalue weighted by molar-refractivity contribution is -0.148. The van der Waals surface area contributed by atoms with Crippen LogP contribution < -0.4 is 10.2 Å². The molecule has 2 fully saturated rings. The number of imide groups is 1. The van der Waals surface area contributed by atoms with Gasteiger partial charge < -0.3 is 15.3 Å². The van der Waals surface area contributed by atoms with Crippen LogP contribution in [-0.4, -0.2) is 52.4 Å². The molecule has 2 N–H and O–H groups in total. The van der Waals surface area contributed by atoms with Gasteiger partial charge in [0.05, 0.1) is 5.69 Å². The second-order valence-corrected chi connectivity index (χ2v) is 6.71. The number of amides is 4. The van der Waals surface area contributed by atoms with Gasteiger partial charge in [0.1, 0.15) is 12.1 Å². The number of nitrogens with zero attached hydrogens (tertiary/aromatic N) is 2. The van der Waals surface area contributed by atoms with Gasteiger partial charge in [-0.25, -0.2) is 14.5 Å². The maximum atomic E-state index is 12.5. The lowest BCUT2D eigenvalue weighted by Crippen LogP contribution is -2.41. The summed E-state index contributed by atoms with van der Waals surface area (Å²) < 4.78 is 0. The summed E-state index contributed by atoms with van der Waals surface area (Å²) in [5, 5.41) is 12.2. The van der Waals surface area contributed by atoms with Crippen molar-refractivity contribution in [2.45, 2.75) is 37.8 Å². The smallest absolute Gasteiger partial charge is 0.329 e. The van der Waals surface area contributed by atoms with E-state index in [2.05, 4.69) is 5.32 Å². The molecule has 0 radical (unpaired) electrons. The Hall–Kier alpha value is -2.61. The van der Waals surface area contributed by atoms with Crippen LogP contribution in [0.3, 0.4) is 0 Å². The lowest BCUT2D eigenvalue weighted by Gasteiger charge is -2.21. The molecule has 2 saturated heterocycles. The Labute approximate surface area is 154 Å². The first kappa shape index (κ1) is 18.2. The van der Waals surface area contributed by atoms with Crippen molar-refractivity contribution in [1.82, 2.24) is 10.2 Å². The third-order valence-electron chi connectivity index (χ3n) is 4.61. The van der Waals surface area contributed by atoms with Crippen molar-refractivity contribution in [1.29, 1.82) is 0 Å². The molecule has 2 aliphatic rings. The second kappa shape index (κ2) is 7.33. The van der Waals surface area contributed by atoms with Crippen molar-refractivity contribution in [3.63, 3.8) is 0 Å². The van der Waals surface area contributed by atoms with Gasteiger partial charge in [0, 0.05) is 18.0 Å². The molecule has 9 heteroatoms. The third-order valence-corrected chi connectivity index (χ3v) is 4.86. The Bertz CT molecular complexity index is 751. The number of likely N-dealkylation sites (tertiary alicyclic amines) is 1. The standard InChI is InChI=1S/C17H18ClN3O5/c18-10-3-5-11(6-4-10)21-15(23)12(19-17(21)26)7-8-14(22)20-9-1-2-13(20)16(24)25/h3-6,12-13H,1-2,7-9H2,(H,19,26)(H,24,25)/t12?,13-/m0/s1. The van der Waals surface area contributed by atoms with E-state index in [4.69, 9.17) is 16.7 Å². The third kappa shape index (κ3) is 3.50. The highest BCUT2D eigenvalue weighted by Gasteiger charge is 2.40. The predicted molar refractivity (Wildman–Crippen MR) is 92.9 cm³/mol. The second-order valence-electron chi connectivity index (χ2n) is 6.27. The molecule has 0 spiro atoms. The van der Waals surface area contributed by atoms with Crippen LogP contribution in [0.4, 0.5) is 10.5 Å². The number of carboxylic acid groups (broad SMARTS) is 1. The molecule has 2 atom stereocenters. The largest absolute Gasteiger partial charge is 0.480 e. The predicted octanol–water partition coefficient (Wildman–Crippen LogP) is 1.62. The van der Waals surface area contributed by atoms with Gasteiger partial charge in [0.2, 0.25) is 5.91 Å². The van der Waals surface area contributed by atoms with Crippen LogP contribution >= 0.6 is 11.6 Å². The highest BCUT2D eigenvalue weighted by molar-refractivity contribution is 6.30. The van der Waals surface area contributed by atoms with E-state index in [1.54, 1.807) is 24.3 Å². The van der Waals surface area contributed by atoms with Gasteiger partial charge in [-0.05, 0) is 43.5 Å². The number of carbonyl (C=O) groups excluding carboxylic acids is 3. The number of hydrogen-bond donors (Lipinski definition) is 2. The molecule has 0 bridgehead atoms. The molecule has 1 unspecified atom stereocenters. The van der Waals surface area contributed by atoms with Crippen LogP contribution in [0.1, 0.15) is 25.7 Å². The van der Waals surface area contributed by atoms with Gasteiger partial charge >= 0.3 is 12.0 Å². The van der Waals surface area contributed by atoms with E-state index < -0.39 is 30.0 Å². The monoisotopic (exact) mass is 379 g/mol. The average molecular weight is 380 g/mol. The summed E-state index contributed by atoms with van der Waals surface area (Å²) in [6.45, 7) is 0.400. The average Bonchev–Trinajstić information content (AvgIpc) is 3.19. The first-order chi connectivity index (χ1) is 12.4. The highest BCUT2D eigenvalue weighted by atomic mass is 35.5. The molecule has 2 aliphatic heterocycles. The summed E-state index contributed by atoms with van der Waals surface area (Å²) in [5.74, 6) is -1.78. The van der Waals surface area contributed by atoms with Crippen LogP contribution in [0, 0.1) is 0 Å². The molecule has 3 rings (SSSR count). The zero-order chi connectivity index (χ0) is 18.8. The minimum absolute atomic E-state index is 0.00504. The molecule has 1 aromatic rings. The van der Waals surface area contributed by atoms with Crippen LogP contribution in [0.2, 0.25) is 5.02 Å². The molecule has 1 aromatic carbocycles. The zero-order valence-electron chi connectivity index (χ0n) is 13.9. The zero-order valence-corrected chi connectivity index (χ0v) is 14.6. The van der Waals surface area contributed by atoms with Crippen molar-refractivity contribution < 1.29 is 24.3 Å². The van der Waals surface area contributed by atoms with E-state index in [1.165, 1.54) is 4.90 Å². The molecule has 8 nitrogen and oxygen atoms in total. The fourth-order valence-electron chi connectivity index (χ4n) is 3.29. The molecule has 2 heterocycles. The molecule has 0 aromatic heterocycles. The number of carboxylic acids is 1. The SMILES string of the molecule is O=C(O)[C@@H]1CCCN1C(=O)CCC1NC(=O)N(c2ccc(Cl)cc2)C1=O. The van der Waals surface area contributed by atoms with Crippen LogP contribution in [-0.2, 0) is 14.4 Å². The first-order valence-electron chi connectivity index (χ1n) is 8.31. The van der Waals surface area contributed by atoms with Crippen LogP contribution in [0.15, 0.2) is 24.3 Å². The Morgan fingerprint density at radius 1 is 1.23 bits per heavy atom. The lowest BCUT2D eigenvalue weighted by atomic mass is 10.1. The number of benzene rings is 1. The Morgan fingerprint density at radius 2 is 1.92 bits per heavy atom. The molecular weight excluding hydrogens is 362 g/mol. The number of halogens is 1. The topological polar surface area (TPSA) is 107 Å². The first-order valence-corrected chi connectivity index (χ1v) is 8.68. The minimum Gasteiger partial charge on any atom is -0.480 e. The minimum atomic E-state index is -1.02. The molecule has 138 valence electrons. The summed E-state index contributed by atoms with van der Waals surface area (Å²) in [5.41, 5.74) is 0.399. The number of hydrogen-bond acceptors (Lipinski definition) is 4. The van der Waals surface area contributed by atoms with Crippen LogP contribution in [0.25, 0.3) is 0 Å². The summed E-state index contributed by atoms with van der Waals surface area (Å²) >= 11 is 5.81. The van der Waals surface area contributed by atoms with Crippen molar-refractivity contribution in [2.24, 2.45) is 0 Å². The maximum absolute atomic E-state index is 12.5. The normalized spacial score (nSPS) is 22.7. The van der Waals surface area contributed by atoms with Crippen molar-refractivity contribution >= 4 is 41.1 Å². The quantitative estimate of drug-likeness (QED) is 0.756. The molecule has 0 aliphatic carbocycles. The van der Waals surface area contributed by atoms with Gasteiger partial charge in [0.25, 0.3) is 5.91 Å². The Balaban J connectivity index is 1.61. The molecular formula is C17H18ClN3O5. The number of nitrogens with one attached hydrogen (secondary N) is 1. The Kier molecular flexibility index (Phi) is 5.13. The molecule has 26 heavy (non-hydrogen) atoms. The van der Waals surface area contributed by atoms with Crippen molar-refractivity contribution in [3.05, 3.63) is 29.3 Å². The number of rotatable bonds is 5. The van der Waals surface area contributed by atoms with Gasteiger partial charge in [-0.1, -0.05) is 11.6 Å². The van der Waals surface area contributed by atoms with Gasteiger partial charge in [-0.2, -0.15) is 0 Å². The number of carbonyl (C=O) groups is 4. The molecule has 0 saturated carbocycles. The van der Waals surface area contributed by atoms with Crippen LogP contribution in [0.5, 0.6) is 0 Å². The fraction of sp³-hybridized carbons (Fsp3) is 0.412. The Morgan fingerprint density at radius 3 is 2.58 bits per heavy atom. The van der Waals surface area contributed by atoms with E-state index in [0.717, 1.165) is 4.90 Å². The number of urea groups is 1. The summed E-state index contributed by atoms with van der Waals surface area (Å²) in [4.78, 5) is 50.4. The van der Waals surface area contributed by atoms with Gasteiger partial charge in [-0.15, -0.1) is 0 Å². The summed E-state index contributed by atoms with van der Waals surface area (Å²) in [6, 6.07) is 4.11. The summed E-state index contributed by atoms with van der Waals surface area (Å²) in [7, 11) is 0. The highest BCUT2D eigenvalue weighted by Crippen LogP contribution is 2.24. The molecule has 4 amide bonds. The fourth-order valence-corrected chi connectivity index (χ4v) is 3.42. The maximum Gasteiger partial charge on any atom is 0.329 e. The number of aliphatic carboxylic acids is 1. The summed E-state index contributed by atoms with van der Waals surface area (Å²) in [6.07, 6.45) is 1.20. The van der Waals surface area contributed by atoms with E-state index in [1.807, 2.05) is 0 Å². The van der Waals surface area contributed by atoms with Gasteiger partial charge in [-0.3, -0.25) is 9.59 Å². The number of anilines is 1. The van der Waals surface area contributed by atoms with E-state index in [0.29, 0.717) is 30.1 Å². The van der Waals surface area contributed by atoms with Gasteiger partial charge in [0.15, 0.2) is 0 Å².